The van der Waals surface area contributed by atoms with E-state index in [2.05, 4.69) is 21.2 Å². The maximum atomic E-state index is 12.2. The van der Waals surface area contributed by atoms with Crippen LogP contribution in [0.25, 0.3) is 11.1 Å². The Morgan fingerprint density at radius 2 is 1.96 bits per heavy atom. The molecule has 0 saturated carbocycles. The summed E-state index contributed by atoms with van der Waals surface area (Å²) in [7, 11) is 1.31. The number of carbonyl (C=O) groups is 2. The highest BCUT2D eigenvalue weighted by Gasteiger charge is 2.23. The fourth-order valence-electron chi connectivity index (χ4n) is 2.17. The summed E-state index contributed by atoms with van der Waals surface area (Å²) in [6.07, 6.45) is 1.41. The lowest BCUT2D eigenvalue weighted by Crippen LogP contribution is -2.13. The van der Waals surface area contributed by atoms with Gasteiger partial charge < -0.3 is 14.5 Å². The van der Waals surface area contributed by atoms with Gasteiger partial charge >= 0.3 is 5.97 Å². The van der Waals surface area contributed by atoms with E-state index >= 15 is 0 Å². The van der Waals surface area contributed by atoms with E-state index in [1.165, 1.54) is 24.7 Å². The van der Waals surface area contributed by atoms with E-state index in [-0.39, 0.29) is 5.76 Å². The number of benzene rings is 1. The third-order valence-corrected chi connectivity index (χ3v) is 4.73. The number of rotatable bonds is 4. The number of carbonyl (C=O) groups excluding carboxylic acids is 2. The molecule has 0 unspecified atom stereocenters. The normalized spacial score (nSPS) is 10.4. The van der Waals surface area contributed by atoms with Crippen molar-refractivity contribution in [2.24, 2.45) is 0 Å². The van der Waals surface area contributed by atoms with Crippen molar-refractivity contribution in [1.82, 2.24) is 0 Å². The van der Waals surface area contributed by atoms with Gasteiger partial charge in [-0.2, -0.15) is 0 Å². The van der Waals surface area contributed by atoms with Crippen molar-refractivity contribution >= 4 is 44.1 Å². The Bertz CT molecular complexity index is 869. The Labute approximate surface area is 150 Å². The molecule has 2 heterocycles. The average Bonchev–Trinajstić information content (AvgIpc) is 3.24. The molecule has 0 atom stereocenters. The van der Waals surface area contributed by atoms with Gasteiger partial charge in [0, 0.05) is 15.4 Å². The summed E-state index contributed by atoms with van der Waals surface area (Å²) < 4.78 is 10.9. The Balaban J connectivity index is 1.99. The molecule has 0 spiro atoms. The summed E-state index contributed by atoms with van der Waals surface area (Å²) >= 11 is 4.64. The number of amides is 1. The minimum absolute atomic E-state index is 0.171. The molecule has 24 heavy (non-hydrogen) atoms. The lowest BCUT2D eigenvalue weighted by molar-refractivity contribution is 0.0603. The van der Waals surface area contributed by atoms with Crippen LogP contribution in [-0.2, 0) is 4.74 Å². The van der Waals surface area contributed by atoms with E-state index in [4.69, 9.17) is 9.15 Å². The van der Waals surface area contributed by atoms with E-state index in [1.54, 1.807) is 12.1 Å². The highest BCUT2D eigenvalue weighted by atomic mass is 79.9. The molecular weight excluding hydrogens is 394 g/mol. The number of methoxy groups -OCH3 is 1. The molecule has 1 amide bonds. The van der Waals surface area contributed by atoms with E-state index in [0.717, 1.165) is 10.0 Å². The number of ether oxygens (including phenoxy) is 1. The molecule has 0 aliphatic rings. The number of anilines is 1. The minimum Gasteiger partial charge on any atom is -0.465 e. The first-order valence-electron chi connectivity index (χ1n) is 6.90. The topological polar surface area (TPSA) is 68.5 Å². The van der Waals surface area contributed by atoms with Gasteiger partial charge in [-0.15, -0.1) is 11.3 Å². The third kappa shape index (κ3) is 3.27. The van der Waals surface area contributed by atoms with Crippen molar-refractivity contribution in [3.8, 4) is 11.1 Å². The Hall–Kier alpha value is -2.38. The number of hydrogen-bond acceptors (Lipinski definition) is 5. The fraction of sp³-hybridized carbons (Fsp3) is 0.0588. The van der Waals surface area contributed by atoms with Gasteiger partial charge in [0.25, 0.3) is 5.91 Å². The molecule has 3 aromatic rings. The average molecular weight is 406 g/mol. The SMILES string of the molecule is COC(=O)c1c(-c2ccc(Br)cc2)csc1NC(=O)c1ccco1. The zero-order valence-electron chi connectivity index (χ0n) is 12.5. The molecule has 0 bridgehead atoms. The van der Waals surface area contributed by atoms with Gasteiger partial charge in [-0.05, 0) is 29.8 Å². The van der Waals surface area contributed by atoms with Crippen LogP contribution in [0.2, 0.25) is 0 Å². The van der Waals surface area contributed by atoms with E-state index in [1.807, 2.05) is 29.6 Å². The Kier molecular flexibility index (Phi) is 4.82. The third-order valence-electron chi connectivity index (χ3n) is 3.31. The highest BCUT2D eigenvalue weighted by Crippen LogP contribution is 2.36. The molecule has 0 saturated heterocycles. The molecule has 7 heteroatoms. The van der Waals surface area contributed by atoms with Crippen LogP contribution in [0.4, 0.5) is 5.00 Å². The summed E-state index contributed by atoms with van der Waals surface area (Å²) in [4.78, 5) is 24.4. The van der Waals surface area contributed by atoms with E-state index in [9.17, 15) is 9.59 Å². The number of furan rings is 1. The maximum absolute atomic E-state index is 12.2. The summed E-state index contributed by atoms with van der Waals surface area (Å²) in [6.45, 7) is 0. The zero-order valence-corrected chi connectivity index (χ0v) is 14.9. The molecule has 122 valence electrons. The first kappa shape index (κ1) is 16.5. The highest BCUT2D eigenvalue weighted by molar-refractivity contribution is 9.10. The van der Waals surface area contributed by atoms with Crippen LogP contribution in [-0.4, -0.2) is 19.0 Å². The van der Waals surface area contributed by atoms with Crippen LogP contribution in [0, 0.1) is 0 Å². The summed E-state index contributed by atoms with van der Waals surface area (Å²) in [5, 5.41) is 4.94. The summed E-state index contributed by atoms with van der Waals surface area (Å²) in [5.41, 5.74) is 1.88. The zero-order chi connectivity index (χ0) is 17.1. The van der Waals surface area contributed by atoms with Crippen LogP contribution >= 0.6 is 27.3 Å². The largest absolute Gasteiger partial charge is 0.465 e. The first-order valence-corrected chi connectivity index (χ1v) is 8.58. The van der Waals surface area contributed by atoms with Gasteiger partial charge in [-0.25, -0.2) is 4.79 Å². The fourth-order valence-corrected chi connectivity index (χ4v) is 3.39. The van der Waals surface area contributed by atoms with Gasteiger partial charge in [-0.1, -0.05) is 28.1 Å². The Morgan fingerprint density at radius 3 is 2.58 bits per heavy atom. The molecule has 5 nitrogen and oxygen atoms in total. The molecule has 0 aliphatic heterocycles. The lowest BCUT2D eigenvalue weighted by Gasteiger charge is -2.07. The Morgan fingerprint density at radius 1 is 1.21 bits per heavy atom. The maximum Gasteiger partial charge on any atom is 0.341 e. The smallest absolute Gasteiger partial charge is 0.341 e. The predicted molar refractivity (Wildman–Crippen MR) is 95.5 cm³/mol. The van der Waals surface area contributed by atoms with Crippen molar-refractivity contribution in [2.75, 3.05) is 12.4 Å². The van der Waals surface area contributed by atoms with Crippen LogP contribution in [0.1, 0.15) is 20.9 Å². The van der Waals surface area contributed by atoms with Crippen molar-refractivity contribution in [2.45, 2.75) is 0 Å². The van der Waals surface area contributed by atoms with Gasteiger partial charge in [-0.3, -0.25) is 4.79 Å². The van der Waals surface area contributed by atoms with Crippen LogP contribution in [0.5, 0.6) is 0 Å². The van der Waals surface area contributed by atoms with Gasteiger partial charge in [0.05, 0.1) is 13.4 Å². The number of nitrogens with one attached hydrogen (secondary N) is 1. The molecule has 1 aromatic carbocycles. The standard InChI is InChI=1S/C17H12BrNO4S/c1-22-17(21)14-12(10-4-6-11(18)7-5-10)9-24-16(14)19-15(20)13-3-2-8-23-13/h2-9H,1H3,(H,19,20). The summed E-state index contributed by atoms with van der Waals surface area (Å²) in [5.74, 6) is -0.761. The second-order valence-corrected chi connectivity index (χ2v) is 6.58. The van der Waals surface area contributed by atoms with Crippen LogP contribution < -0.4 is 5.32 Å². The minimum atomic E-state index is -0.510. The van der Waals surface area contributed by atoms with Crippen molar-refractivity contribution in [3.63, 3.8) is 0 Å². The van der Waals surface area contributed by atoms with Crippen molar-refractivity contribution in [3.05, 3.63) is 63.8 Å². The molecule has 0 fully saturated rings. The van der Waals surface area contributed by atoms with Gasteiger partial charge in [0.2, 0.25) is 0 Å². The van der Waals surface area contributed by atoms with Crippen molar-refractivity contribution in [1.29, 1.82) is 0 Å². The second kappa shape index (κ2) is 7.02. The number of halogens is 1. The number of hydrogen-bond donors (Lipinski definition) is 1. The van der Waals surface area contributed by atoms with Gasteiger partial charge in [0.15, 0.2) is 5.76 Å². The monoisotopic (exact) mass is 405 g/mol. The molecule has 2 aromatic heterocycles. The predicted octanol–water partition coefficient (Wildman–Crippen LogP) is 4.81. The van der Waals surface area contributed by atoms with E-state index in [0.29, 0.717) is 16.1 Å². The molecule has 0 radical (unpaired) electrons. The van der Waals surface area contributed by atoms with E-state index < -0.39 is 11.9 Å². The van der Waals surface area contributed by atoms with Crippen LogP contribution in [0.3, 0.4) is 0 Å². The van der Waals surface area contributed by atoms with Gasteiger partial charge in [0.1, 0.15) is 10.6 Å². The van der Waals surface area contributed by atoms with Crippen molar-refractivity contribution < 1.29 is 18.7 Å². The second-order valence-electron chi connectivity index (χ2n) is 4.78. The lowest BCUT2D eigenvalue weighted by atomic mass is 10.0. The number of thiophene rings is 1. The molecule has 0 aliphatic carbocycles. The first-order chi connectivity index (χ1) is 11.6. The summed E-state index contributed by atoms with van der Waals surface area (Å²) in [6, 6.07) is 10.7. The van der Waals surface area contributed by atoms with Crippen LogP contribution in [0.15, 0.2) is 56.9 Å². The molecular formula is C17H12BrNO4S. The molecule has 3 rings (SSSR count). The molecule has 1 N–H and O–H groups in total. The number of esters is 1. The quantitative estimate of drug-likeness (QED) is 0.632.